The highest BCUT2D eigenvalue weighted by Crippen LogP contribution is 2.38. The zero-order chi connectivity index (χ0) is 19.2. The maximum absolute atomic E-state index is 6.64. The maximum atomic E-state index is 6.64. The van der Waals surface area contributed by atoms with E-state index >= 15 is 0 Å². The minimum Gasteiger partial charge on any atom is -0.350 e. The van der Waals surface area contributed by atoms with Crippen molar-refractivity contribution in [2.45, 2.75) is 148 Å². The van der Waals surface area contributed by atoms with Gasteiger partial charge < -0.3 is 9.47 Å². The fourth-order valence-corrected chi connectivity index (χ4v) is 4.83. The third kappa shape index (κ3) is 9.79. The average Bonchev–Trinajstić information content (AvgIpc) is 2.69. The van der Waals surface area contributed by atoms with Crippen molar-refractivity contribution in [2.75, 3.05) is 6.61 Å². The van der Waals surface area contributed by atoms with E-state index in [1.807, 2.05) is 0 Å². The molecule has 2 saturated carbocycles. The monoisotopic (exact) mass is 380 g/mol. The highest BCUT2D eigenvalue weighted by molar-refractivity contribution is 4.81. The van der Waals surface area contributed by atoms with E-state index in [0.29, 0.717) is 6.10 Å². The van der Waals surface area contributed by atoms with Crippen LogP contribution in [0.2, 0.25) is 0 Å². The summed E-state index contributed by atoms with van der Waals surface area (Å²) in [4.78, 5) is 0. The van der Waals surface area contributed by atoms with Crippen LogP contribution in [0.15, 0.2) is 0 Å². The number of unbranched alkanes of at least 4 members (excludes halogenated alkanes) is 9. The molecule has 2 rings (SSSR count). The molecule has 0 radical (unpaired) electrons. The van der Waals surface area contributed by atoms with Crippen molar-refractivity contribution in [2.24, 2.45) is 5.92 Å². The quantitative estimate of drug-likeness (QED) is 0.223. The zero-order valence-corrected chi connectivity index (χ0v) is 18.6. The first-order valence-corrected chi connectivity index (χ1v) is 12.6. The summed E-state index contributed by atoms with van der Waals surface area (Å²) < 4.78 is 13.1. The predicted octanol–water partition coefficient (Wildman–Crippen LogP) is 8.18. The second kappa shape index (κ2) is 14.0. The van der Waals surface area contributed by atoms with Gasteiger partial charge in [-0.05, 0) is 38.0 Å². The Morgan fingerprint density at radius 1 is 0.704 bits per heavy atom. The van der Waals surface area contributed by atoms with Gasteiger partial charge >= 0.3 is 0 Å². The van der Waals surface area contributed by atoms with E-state index in [2.05, 4.69) is 13.8 Å². The lowest BCUT2D eigenvalue weighted by Gasteiger charge is -2.42. The van der Waals surface area contributed by atoms with Crippen LogP contribution in [0, 0.1) is 5.92 Å². The molecule has 2 fully saturated rings. The lowest BCUT2D eigenvalue weighted by Crippen LogP contribution is -2.43. The van der Waals surface area contributed by atoms with Crippen LogP contribution in [0.3, 0.4) is 0 Å². The molecule has 0 N–H and O–H groups in total. The van der Waals surface area contributed by atoms with Gasteiger partial charge in [-0.2, -0.15) is 0 Å². The molecule has 27 heavy (non-hydrogen) atoms. The standard InChI is InChI=1S/C25H48O2/c1-3-4-5-6-7-8-9-10-11-15-22-26-25(20-18-23(2)19-21-25)27-24-16-13-12-14-17-24/h23-24H,3-22H2,1-2H3. The Morgan fingerprint density at radius 3 is 1.85 bits per heavy atom. The van der Waals surface area contributed by atoms with E-state index in [9.17, 15) is 0 Å². The first-order chi connectivity index (χ1) is 13.2. The molecule has 0 atom stereocenters. The van der Waals surface area contributed by atoms with E-state index < -0.39 is 0 Å². The van der Waals surface area contributed by atoms with Crippen molar-refractivity contribution in [1.82, 2.24) is 0 Å². The molecule has 0 aromatic carbocycles. The van der Waals surface area contributed by atoms with Gasteiger partial charge in [-0.3, -0.25) is 0 Å². The van der Waals surface area contributed by atoms with E-state index in [4.69, 9.17) is 9.47 Å². The van der Waals surface area contributed by atoms with Crippen LogP contribution in [0.5, 0.6) is 0 Å². The molecule has 2 aliphatic carbocycles. The summed E-state index contributed by atoms with van der Waals surface area (Å²) in [6.07, 6.45) is 25.6. The van der Waals surface area contributed by atoms with Gasteiger partial charge in [-0.1, -0.05) is 90.9 Å². The van der Waals surface area contributed by atoms with Gasteiger partial charge in [0, 0.05) is 12.8 Å². The van der Waals surface area contributed by atoms with Crippen molar-refractivity contribution in [3.8, 4) is 0 Å². The van der Waals surface area contributed by atoms with Gasteiger partial charge in [-0.25, -0.2) is 0 Å². The van der Waals surface area contributed by atoms with Crippen molar-refractivity contribution >= 4 is 0 Å². The van der Waals surface area contributed by atoms with E-state index in [-0.39, 0.29) is 5.79 Å². The Kier molecular flexibility index (Phi) is 12.0. The highest BCUT2D eigenvalue weighted by Gasteiger charge is 2.38. The molecule has 0 aliphatic heterocycles. The smallest absolute Gasteiger partial charge is 0.168 e. The van der Waals surface area contributed by atoms with E-state index in [0.717, 1.165) is 25.4 Å². The van der Waals surface area contributed by atoms with Crippen LogP contribution in [0.1, 0.15) is 136 Å². The summed E-state index contributed by atoms with van der Waals surface area (Å²) in [5, 5.41) is 0. The van der Waals surface area contributed by atoms with Crippen LogP contribution in [0.4, 0.5) is 0 Å². The van der Waals surface area contributed by atoms with Crippen LogP contribution in [-0.4, -0.2) is 18.5 Å². The Labute approximate surface area is 170 Å². The van der Waals surface area contributed by atoms with Gasteiger partial charge in [0.25, 0.3) is 0 Å². The summed E-state index contributed by atoms with van der Waals surface area (Å²) in [6, 6.07) is 0. The van der Waals surface area contributed by atoms with Crippen LogP contribution >= 0.6 is 0 Å². The van der Waals surface area contributed by atoms with Gasteiger partial charge in [0.2, 0.25) is 0 Å². The Hall–Kier alpha value is -0.0800. The fraction of sp³-hybridized carbons (Fsp3) is 1.00. The molecule has 0 unspecified atom stereocenters. The first-order valence-electron chi connectivity index (χ1n) is 12.6. The largest absolute Gasteiger partial charge is 0.350 e. The molecule has 0 aromatic rings. The zero-order valence-electron chi connectivity index (χ0n) is 18.6. The molecule has 0 aromatic heterocycles. The average molecular weight is 381 g/mol. The highest BCUT2D eigenvalue weighted by atomic mass is 16.7. The van der Waals surface area contributed by atoms with E-state index in [1.165, 1.54) is 109 Å². The van der Waals surface area contributed by atoms with Crippen LogP contribution < -0.4 is 0 Å². The summed E-state index contributed by atoms with van der Waals surface area (Å²) in [5.41, 5.74) is 0. The first kappa shape index (κ1) is 23.2. The van der Waals surface area contributed by atoms with Crippen molar-refractivity contribution < 1.29 is 9.47 Å². The molecule has 2 nitrogen and oxygen atoms in total. The predicted molar refractivity (Wildman–Crippen MR) is 116 cm³/mol. The Balaban J connectivity index is 1.57. The van der Waals surface area contributed by atoms with Gasteiger partial charge in [0.1, 0.15) is 0 Å². The number of rotatable bonds is 14. The summed E-state index contributed by atoms with van der Waals surface area (Å²) in [5.74, 6) is 0.599. The maximum Gasteiger partial charge on any atom is 0.168 e. The third-order valence-electron chi connectivity index (χ3n) is 6.83. The van der Waals surface area contributed by atoms with Crippen molar-refractivity contribution in [1.29, 1.82) is 0 Å². The minimum absolute atomic E-state index is 0.242. The second-order valence-corrected chi connectivity index (χ2v) is 9.50. The molecular formula is C25H48O2. The van der Waals surface area contributed by atoms with Gasteiger partial charge in [-0.15, -0.1) is 0 Å². The van der Waals surface area contributed by atoms with Gasteiger partial charge in [0.05, 0.1) is 12.7 Å². The molecule has 0 bridgehead atoms. The second-order valence-electron chi connectivity index (χ2n) is 9.50. The molecule has 2 heteroatoms. The molecule has 0 heterocycles. The summed E-state index contributed by atoms with van der Waals surface area (Å²) in [6.45, 7) is 5.57. The summed E-state index contributed by atoms with van der Waals surface area (Å²) in [7, 11) is 0. The molecule has 0 saturated heterocycles. The minimum atomic E-state index is -0.242. The topological polar surface area (TPSA) is 18.5 Å². The molecular weight excluding hydrogens is 332 g/mol. The Bertz CT molecular complexity index is 340. The van der Waals surface area contributed by atoms with Crippen LogP contribution in [0.25, 0.3) is 0 Å². The van der Waals surface area contributed by atoms with Crippen molar-refractivity contribution in [3.05, 3.63) is 0 Å². The number of ether oxygens (including phenoxy) is 2. The Morgan fingerprint density at radius 2 is 1.26 bits per heavy atom. The SMILES string of the molecule is CCCCCCCCCCCCOC1(OC2CCCCC2)CCC(C)CC1. The normalized spacial score (nSPS) is 27.1. The van der Waals surface area contributed by atoms with Crippen LogP contribution in [-0.2, 0) is 9.47 Å². The van der Waals surface area contributed by atoms with E-state index in [1.54, 1.807) is 0 Å². The lowest BCUT2D eigenvalue weighted by atomic mass is 9.85. The molecule has 0 spiro atoms. The molecule has 160 valence electrons. The fourth-order valence-electron chi connectivity index (χ4n) is 4.83. The number of hydrogen-bond donors (Lipinski definition) is 0. The third-order valence-corrected chi connectivity index (χ3v) is 6.83. The molecule has 0 amide bonds. The lowest BCUT2D eigenvalue weighted by molar-refractivity contribution is -0.279. The van der Waals surface area contributed by atoms with Gasteiger partial charge in [0.15, 0.2) is 5.79 Å². The molecule has 2 aliphatic rings. The van der Waals surface area contributed by atoms with Crippen molar-refractivity contribution in [3.63, 3.8) is 0 Å². The summed E-state index contributed by atoms with van der Waals surface area (Å²) >= 11 is 0. The number of hydrogen-bond acceptors (Lipinski definition) is 2.